The summed E-state index contributed by atoms with van der Waals surface area (Å²) in [5.74, 6) is 1.09. The summed E-state index contributed by atoms with van der Waals surface area (Å²) in [6.45, 7) is 5.26. The van der Waals surface area contributed by atoms with E-state index >= 15 is 0 Å². The van der Waals surface area contributed by atoms with E-state index in [-0.39, 0.29) is 6.10 Å². The molecule has 118 valence electrons. The lowest BCUT2D eigenvalue weighted by Crippen LogP contribution is -2.35. The average molecular weight is 315 g/mol. The third-order valence-electron chi connectivity index (χ3n) is 4.19. The van der Waals surface area contributed by atoms with Crippen molar-refractivity contribution in [2.75, 3.05) is 6.54 Å². The third kappa shape index (κ3) is 3.90. The molecule has 0 aliphatic heterocycles. The zero-order valence-electron chi connectivity index (χ0n) is 13.5. The molecule has 2 nitrogen and oxygen atoms in total. The van der Waals surface area contributed by atoms with E-state index in [1.54, 1.807) is 0 Å². The molecule has 0 amide bonds. The molecule has 2 aromatic rings. The molecule has 0 spiro atoms. The van der Waals surface area contributed by atoms with Crippen LogP contribution in [0.3, 0.4) is 0 Å². The number of ether oxygens (including phenoxy) is 1. The minimum absolute atomic E-state index is 0.244. The molecule has 0 unspecified atom stereocenters. The Morgan fingerprint density at radius 3 is 2.95 bits per heavy atom. The van der Waals surface area contributed by atoms with E-state index in [4.69, 9.17) is 4.74 Å². The molecule has 0 saturated heterocycles. The number of fused-ring (bicyclic) bond motifs is 1. The van der Waals surface area contributed by atoms with Gasteiger partial charge in [-0.3, -0.25) is 0 Å². The molecular formula is C19H25NOS. The van der Waals surface area contributed by atoms with Crippen molar-refractivity contribution in [3.05, 3.63) is 51.7 Å². The minimum Gasteiger partial charge on any atom is -0.491 e. The van der Waals surface area contributed by atoms with E-state index < -0.39 is 0 Å². The highest BCUT2D eigenvalue weighted by Crippen LogP contribution is 2.30. The highest BCUT2D eigenvalue weighted by atomic mass is 32.1. The maximum atomic E-state index is 5.96. The van der Waals surface area contributed by atoms with Crippen molar-refractivity contribution in [1.82, 2.24) is 5.32 Å². The molecule has 1 atom stereocenters. The number of hydrogen-bond acceptors (Lipinski definition) is 3. The van der Waals surface area contributed by atoms with Crippen LogP contribution in [0.2, 0.25) is 0 Å². The molecule has 1 aromatic heterocycles. The number of benzene rings is 1. The Morgan fingerprint density at radius 1 is 1.27 bits per heavy atom. The molecule has 3 rings (SSSR count). The highest BCUT2D eigenvalue weighted by molar-refractivity contribution is 7.09. The first-order valence-corrected chi connectivity index (χ1v) is 9.13. The van der Waals surface area contributed by atoms with Gasteiger partial charge in [-0.1, -0.05) is 18.2 Å². The summed E-state index contributed by atoms with van der Waals surface area (Å²) in [6.07, 6.45) is 4.82. The van der Waals surface area contributed by atoms with Crippen LogP contribution in [0.4, 0.5) is 0 Å². The third-order valence-corrected chi connectivity index (χ3v) is 5.12. The molecule has 0 fully saturated rings. The Hall–Kier alpha value is -1.32. The second-order valence-electron chi connectivity index (χ2n) is 6.28. The monoisotopic (exact) mass is 315 g/mol. The lowest BCUT2D eigenvalue weighted by molar-refractivity contribution is 0.238. The van der Waals surface area contributed by atoms with Crippen molar-refractivity contribution in [3.8, 4) is 5.75 Å². The minimum atomic E-state index is 0.244. The first-order chi connectivity index (χ1) is 10.7. The van der Waals surface area contributed by atoms with Crippen LogP contribution in [0.5, 0.6) is 5.75 Å². The van der Waals surface area contributed by atoms with E-state index in [2.05, 4.69) is 54.9 Å². The molecule has 1 aliphatic carbocycles. The fourth-order valence-corrected chi connectivity index (χ4v) is 3.87. The molecule has 1 N–H and O–H groups in total. The van der Waals surface area contributed by atoms with Crippen molar-refractivity contribution in [2.24, 2.45) is 0 Å². The molecule has 3 heteroatoms. The van der Waals surface area contributed by atoms with Crippen molar-refractivity contribution in [3.63, 3.8) is 0 Å². The van der Waals surface area contributed by atoms with E-state index in [1.807, 2.05) is 11.3 Å². The van der Waals surface area contributed by atoms with Crippen LogP contribution in [-0.2, 0) is 19.3 Å². The molecule has 22 heavy (non-hydrogen) atoms. The van der Waals surface area contributed by atoms with Crippen LogP contribution >= 0.6 is 11.3 Å². The molecule has 1 aliphatic rings. The largest absolute Gasteiger partial charge is 0.491 e. The number of hydrogen-bond donors (Lipinski definition) is 1. The van der Waals surface area contributed by atoms with E-state index in [0.717, 1.165) is 31.6 Å². The van der Waals surface area contributed by atoms with Gasteiger partial charge in [0.1, 0.15) is 5.75 Å². The molecule has 1 aromatic carbocycles. The second-order valence-corrected chi connectivity index (χ2v) is 7.32. The van der Waals surface area contributed by atoms with Gasteiger partial charge >= 0.3 is 0 Å². The smallest absolute Gasteiger partial charge is 0.123 e. The highest BCUT2D eigenvalue weighted by Gasteiger charge is 2.21. The average Bonchev–Trinajstić information content (AvgIpc) is 3.00. The van der Waals surface area contributed by atoms with Crippen molar-refractivity contribution >= 4 is 11.3 Å². The Labute approximate surface area is 137 Å². The molecule has 0 saturated carbocycles. The van der Waals surface area contributed by atoms with Crippen molar-refractivity contribution in [2.45, 2.75) is 51.7 Å². The van der Waals surface area contributed by atoms with Gasteiger partial charge in [0.2, 0.25) is 0 Å². The van der Waals surface area contributed by atoms with Crippen LogP contribution in [0, 0.1) is 0 Å². The summed E-state index contributed by atoms with van der Waals surface area (Å²) in [5.41, 5.74) is 2.88. The number of nitrogens with one attached hydrogen (secondary N) is 1. The van der Waals surface area contributed by atoms with Gasteiger partial charge in [-0.15, -0.1) is 11.3 Å². The van der Waals surface area contributed by atoms with Crippen LogP contribution in [0.1, 0.15) is 36.3 Å². The van der Waals surface area contributed by atoms with Gasteiger partial charge in [0.15, 0.2) is 0 Å². The first kappa shape index (κ1) is 15.6. The summed E-state index contributed by atoms with van der Waals surface area (Å²) >= 11 is 1.85. The Kier molecular flexibility index (Phi) is 5.16. The maximum absolute atomic E-state index is 5.96. The normalized spacial score (nSPS) is 17.5. The summed E-state index contributed by atoms with van der Waals surface area (Å²) in [7, 11) is 0. The van der Waals surface area contributed by atoms with Crippen molar-refractivity contribution < 1.29 is 4.74 Å². The van der Waals surface area contributed by atoms with E-state index in [1.165, 1.54) is 22.4 Å². The summed E-state index contributed by atoms with van der Waals surface area (Å²) in [6, 6.07) is 11.5. The zero-order valence-corrected chi connectivity index (χ0v) is 14.3. The van der Waals surface area contributed by atoms with Gasteiger partial charge in [0.05, 0.1) is 6.10 Å². The fourth-order valence-electron chi connectivity index (χ4n) is 3.17. The lowest BCUT2D eigenvalue weighted by atomic mass is 9.87. The maximum Gasteiger partial charge on any atom is 0.123 e. The lowest BCUT2D eigenvalue weighted by Gasteiger charge is -2.27. The number of rotatable bonds is 6. The molecule has 0 bridgehead atoms. The van der Waals surface area contributed by atoms with Crippen LogP contribution < -0.4 is 10.1 Å². The van der Waals surface area contributed by atoms with Gasteiger partial charge in [0.25, 0.3) is 0 Å². The number of thiophene rings is 1. The SMILES string of the molecule is CC(C)Oc1cccc2c1CC[C@H](NCCc1cccs1)C2. The van der Waals surface area contributed by atoms with Crippen LogP contribution in [-0.4, -0.2) is 18.7 Å². The Bertz CT molecular complexity index is 591. The standard InChI is InChI=1S/C19H25NOS/c1-14(2)21-19-7-3-5-15-13-16(8-9-18(15)19)20-11-10-17-6-4-12-22-17/h3-7,12,14,16,20H,8-11,13H2,1-2H3/t16-/m0/s1. The molecule has 1 heterocycles. The summed E-state index contributed by atoms with van der Waals surface area (Å²) < 4.78 is 5.96. The van der Waals surface area contributed by atoms with Crippen LogP contribution in [0.15, 0.2) is 35.7 Å². The predicted octanol–water partition coefficient (Wildman–Crippen LogP) is 4.22. The van der Waals surface area contributed by atoms with Gasteiger partial charge in [-0.2, -0.15) is 0 Å². The predicted molar refractivity (Wildman–Crippen MR) is 94.0 cm³/mol. The van der Waals surface area contributed by atoms with Gasteiger partial charge in [-0.25, -0.2) is 0 Å². The molecule has 0 radical (unpaired) electrons. The van der Waals surface area contributed by atoms with E-state index in [9.17, 15) is 0 Å². The topological polar surface area (TPSA) is 21.3 Å². The Balaban J connectivity index is 1.57. The Morgan fingerprint density at radius 2 is 2.18 bits per heavy atom. The van der Waals surface area contributed by atoms with Crippen LogP contribution in [0.25, 0.3) is 0 Å². The van der Waals surface area contributed by atoms with E-state index in [0.29, 0.717) is 6.04 Å². The van der Waals surface area contributed by atoms with Gasteiger partial charge < -0.3 is 10.1 Å². The summed E-state index contributed by atoms with van der Waals surface area (Å²) in [5, 5.41) is 5.88. The quantitative estimate of drug-likeness (QED) is 0.861. The van der Waals surface area contributed by atoms with Crippen molar-refractivity contribution in [1.29, 1.82) is 0 Å². The first-order valence-electron chi connectivity index (χ1n) is 8.25. The molecular weight excluding hydrogens is 290 g/mol. The van der Waals surface area contributed by atoms with Gasteiger partial charge in [0, 0.05) is 17.5 Å². The summed E-state index contributed by atoms with van der Waals surface area (Å²) in [4.78, 5) is 1.47. The zero-order chi connectivity index (χ0) is 15.4. The second kappa shape index (κ2) is 7.30. The fraction of sp³-hybridized carbons (Fsp3) is 0.474. The van der Waals surface area contributed by atoms with Gasteiger partial charge in [-0.05, 0) is 68.2 Å².